The Morgan fingerprint density at radius 3 is 2.53 bits per heavy atom. The van der Waals surface area contributed by atoms with Gasteiger partial charge in [-0.25, -0.2) is 8.42 Å². The molecule has 0 aromatic carbocycles. The summed E-state index contributed by atoms with van der Waals surface area (Å²) in [5.74, 6) is 1.81. The number of rotatable bonds is 5. The summed E-state index contributed by atoms with van der Waals surface area (Å²) >= 11 is 0. The fourth-order valence-corrected chi connectivity index (χ4v) is 4.37. The molecule has 2 aliphatic rings. The average Bonchev–Trinajstić information content (AvgIpc) is 2.92. The van der Waals surface area contributed by atoms with Crippen molar-refractivity contribution in [1.29, 1.82) is 0 Å². The number of nitrogens with one attached hydrogen (secondary N) is 1. The zero-order valence-corrected chi connectivity index (χ0v) is 10.2. The van der Waals surface area contributed by atoms with E-state index in [2.05, 4.69) is 12.2 Å². The van der Waals surface area contributed by atoms with Crippen LogP contribution in [0.1, 0.15) is 32.6 Å². The normalized spacial score (nSPS) is 31.7. The molecule has 0 aromatic heterocycles. The minimum atomic E-state index is -2.70. The molecule has 2 unspecified atom stereocenters. The summed E-state index contributed by atoms with van der Waals surface area (Å²) < 4.78 is 22.8. The SMILES string of the molecule is CCC(CNC1CC1)C1CCS(=O)(=O)C1. The Morgan fingerprint density at radius 2 is 2.07 bits per heavy atom. The first kappa shape index (κ1) is 11.4. The van der Waals surface area contributed by atoms with E-state index in [4.69, 9.17) is 0 Å². The van der Waals surface area contributed by atoms with Crippen molar-refractivity contribution in [3.8, 4) is 0 Å². The first-order valence-electron chi connectivity index (χ1n) is 6.04. The lowest BCUT2D eigenvalue weighted by molar-refractivity contribution is 0.335. The molecular formula is C11H21NO2S. The van der Waals surface area contributed by atoms with Crippen molar-refractivity contribution in [2.45, 2.75) is 38.6 Å². The third-order valence-corrected chi connectivity index (χ3v) is 5.50. The molecule has 2 rings (SSSR count). The Bertz CT molecular complexity index is 309. The Hall–Kier alpha value is -0.0900. The van der Waals surface area contributed by atoms with Gasteiger partial charge < -0.3 is 5.32 Å². The monoisotopic (exact) mass is 231 g/mol. The molecule has 1 N–H and O–H groups in total. The molecule has 3 nitrogen and oxygen atoms in total. The van der Waals surface area contributed by atoms with Gasteiger partial charge in [0.1, 0.15) is 0 Å². The maximum atomic E-state index is 11.4. The highest BCUT2D eigenvalue weighted by Gasteiger charge is 2.33. The topological polar surface area (TPSA) is 46.2 Å². The second-order valence-electron chi connectivity index (χ2n) is 5.01. The van der Waals surface area contributed by atoms with Gasteiger partial charge in [-0.1, -0.05) is 13.3 Å². The molecule has 0 radical (unpaired) electrons. The highest BCUT2D eigenvalue weighted by molar-refractivity contribution is 7.91. The van der Waals surface area contributed by atoms with Crippen LogP contribution in [0.15, 0.2) is 0 Å². The summed E-state index contributed by atoms with van der Waals surface area (Å²) in [5, 5.41) is 3.52. The first-order valence-corrected chi connectivity index (χ1v) is 7.86. The standard InChI is InChI=1S/C11H21NO2S/c1-2-9(7-12-11-3-4-11)10-5-6-15(13,14)8-10/h9-12H,2-8H2,1H3. The predicted molar refractivity (Wildman–Crippen MR) is 61.6 cm³/mol. The Balaban J connectivity index is 1.83. The third-order valence-electron chi connectivity index (χ3n) is 3.70. The maximum Gasteiger partial charge on any atom is 0.150 e. The molecule has 88 valence electrons. The van der Waals surface area contributed by atoms with E-state index in [-0.39, 0.29) is 0 Å². The first-order chi connectivity index (χ1) is 7.11. The highest BCUT2D eigenvalue weighted by atomic mass is 32.2. The smallest absolute Gasteiger partial charge is 0.150 e. The van der Waals surface area contributed by atoms with Crippen LogP contribution in [0.25, 0.3) is 0 Å². The van der Waals surface area contributed by atoms with E-state index < -0.39 is 9.84 Å². The highest BCUT2D eigenvalue weighted by Crippen LogP contribution is 2.28. The van der Waals surface area contributed by atoms with Crippen LogP contribution in [-0.4, -0.2) is 32.5 Å². The molecule has 0 amide bonds. The van der Waals surface area contributed by atoms with Crippen LogP contribution in [0.2, 0.25) is 0 Å². The number of sulfone groups is 1. The Morgan fingerprint density at radius 1 is 1.33 bits per heavy atom. The predicted octanol–water partition coefficient (Wildman–Crippen LogP) is 1.20. The van der Waals surface area contributed by atoms with E-state index in [0.717, 1.165) is 25.4 Å². The zero-order valence-electron chi connectivity index (χ0n) is 9.41. The minimum absolute atomic E-state index is 0.409. The van der Waals surface area contributed by atoms with Crippen molar-refractivity contribution in [3.05, 3.63) is 0 Å². The second-order valence-corrected chi connectivity index (χ2v) is 7.24. The molecule has 1 heterocycles. The molecular weight excluding hydrogens is 210 g/mol. The molecule has 0 spiro atoms. The van der Waals surface area contributed by atoms with E-state index in [9.17, 15) is 8.42 Å². The summed E-state index contributed by atoms with van der Waals surface area (Å²) in [6.45, 7) is 3.19. The number of hydrogen-bond donors (Lipinski definition) is 1. The van der Waals surface area contributed by atoms with Crippen molar-refractivity contribution < 1.29 is 8.42 Å². The zero-order chi connectivity index (χ0) is 10.9. The van der Waals surface area contributed by atoms with Crippen molar-refractivity contribution >= 4 is 9.84 Å². The van der Waals surface area contributed by atoms with Crippen LogP contribution >= 0.6 is 0 Å². The van der Waals surface area contributed by atoms with E-state index in [1.165, 1.54) is 12.8 Å². The van der Waals surface area contributed by atoms with Gasteiger partial charge in [-0.05, 0) is 37.6 Å². The van der Waals surface area contributed by atoms with E-state index in [1.54, 1.807) is 0 Å². The Kier molecular flexibility index (Phi) is 3.36. The second kappa shape index (κ2) is 4.42. The lowest BCUT2D eigenvalue weighted by atomic mass is 9.89. The van der Waals surface area contributed by atoms with Gasteiger partial charge in [0, 0.05) is 6.04 Å². The molecule has 4 heteroatoms. The molecule has 2 fully saturated rings. The van der Waals surface area contributed by atoms with Crippen molar-refractivity contribution in [1.82, 2.24) is 5.32 Å². The fourth-order valence-electron chi connectivity index (χ4n) is 2.45. The van der Waals surface area contributed by atoms with Crippen molar-refractivity contribution in [2.75, 3.05) is 18.1 Å². The van der Waals surface area contributed by atoms with Crippen LogP contribution < -0.4 is 5.32 Å². The van der Waals surface area contributed by atoms with Gasteiger partial charge in [0.25, 0.3) is 0 Å². The quantitative estimate of drug-likeness (QED) is 0.773. The van der Waals surface area contributed by atoms with E-state index >= 15 is 0 Å². The summed E-state index contributed by atoms with van der Waals surface area (Å²) in [4.78, 5) is 0. The maximum absolute atomic E-state index is 11.4. The van der Waals surface area contributed by atoms with Crippen LogP contribution in [0.4, 0.5) is 0 Å². The number of hydrogen-bond acceptors (Lipinski definition) is 3. The minimum Gasteiger partial charge on any atom is -0.314 e. The fraction of sp³-hybridized carbons (Fsp3) is 1.00. The van der Waals surface area contributed by atoms with Crippen LogP contribution in [-0.2, 0) is 9.84 Å². The van der Waals surface area contributed by atoms with Crippen LogP contribution in [0.5, 0.6) is 0 Å². The summed E-state index contributed by atoms with van der Waals surface area (Å²) in [5.41, 5.74) is 0. The van der Waals surface area contributed by atoms with E-state index in [1.807, 2.05) is 0 Å². The molecule has 15 heavy (non-hydrogen) atoms. The average molecular weight is 231 g/mol. The summed E-state index contributed by atoms with van der Waals surface area (Å²) in [6, 6.07) is 0.733. The largest absolute Gasteiger partial charge is 0.314 e. The van der Waals surface area contributed by atoms with Crippen LogP contribution in [0, 0.1) is 11.8 Å². The molecule has 2 atom stereocenters. The molecule has 1 aliphatic carbocycles. The van der Waals surface area contributed by atoms with Gasteiger partial charge in [-0.3, -0.25) is 0 Å². The summed E-state index contributed by atoms with van der Waals surface area (Å²) in [7, 11) is -2.70. The van der Waals surface area contributed by atoms with Gasteiger partial charge in [-0.15, -0.1) is 0 Å². The molecule has 0 aromatic rings. The summed E-state index contributed by atoms with van der Waals surface area (Å²) in [6.07, 6.45) is 4.59. The van der Waals surface area contributed by atoms with Gasteiger partial charge in [0.2, 0.25) is 0 Å². The van der Waals surface area contributed by atoms with E-state index in [0.29, 0.717) is 23.3 Å². The third kappa shape index (κ3) is 3.18. The molecule has 1 saturated carbocycles. The molecule has 1 saturated heterocycles. The lowest BCUT2D eigenvalue weighted by Gasteiger charge is -2.21. The molecule has 0 bridgehead atoms. The Labute approximate surface area is 92.6 Å². The van der Waals surface area contributed by atoms with Crippen LogP contribution in [0.3, 0.4) is 0 Å². The molecule has 1 aliphatic heterocycles. The van der Waals surface area contributed by atoms with Crippen molar-refractivity contribution in [3.63, 3.8) is 0 Å². The lowest BCUT2D eigenvalue weighted by Crippen LogP contribution is -2.29. The van der Waals surface area contributed by atoms with Crippen molar-refractivity contribution in [2.24, 2.45) is 11.8 Å². The van der Waals surface area contributed by atoms with Gasteiger partial charge in [0.05, 0.1) is 11.5 Å². The van der Waals surface area contributed by atoms with Gasteiger partial charge in [-0.2, -0.15) is 0 Å². The van der Waals surface area contributed by atoms with Gasteiger partial charge >= 0.3 is 0 Å². The van der Waals surface area contributed by atoms with Gasteiger partial charge in [0.15, 0.2) is 9.84 Å².